The smallest absolute Gasteiger partial charge is 0.265 e. The number of benzene rings is 2. The van der Waals surface area contributed by atoms with Crippen molar-refractivity contribution in [2.24, 2.45) is 5.84 Å². The second kappa shape index (κ2) is 7.88. The molecule has 136 valence electrons. The SMILES string of the molecule is CCCCOc1ccc(-c2nc3ccc(C(=O)NN)cc3[nH]2)cc1OC. The highest BCUT2D eigenvalue weighted by molar-refractivity contribution is 5.97. The molecule has 2 aromatic carbocycles. The van der Waals surface area contributed by atoms with Crippen LogP contribution in [-0.2, 0) is 0 Å². The number of unbranched alkanes of at least 4 members (excludes halogenated alkanes) is 1. The van der Waals surface area contributed by atoms with E-state index in [4.69, 9.17) is 15.3 Å². The normalized spacial score (nSPS) is 10.7. The van der Waals surface area contributed by atoms with E-state index in [9.17, 15) is 4.79 Å². The molecule has 0 bridgehead atoms. The maximum Gasteiger partial charge on any atom is 0.265 e. The van der Waals surface area contributed by atoms with Crippen LogP contribution >= 0.6 is 0 Å². The van der Waals surface area contributed by atoms with E-state index in [-0.39, 0.29) is 5.91 Å². The zero-order valence-electron chi connectivity index (χ0n) is 14.8. The molecule has 1 amide bonds. The van der Waals surface area contributed by atoms with Gasteiger partial charge in [0.15, 0.2) is 11.5 Å². The molecule has 0 atom stereocenters. The fourth-order valence-electron chi connectivity index (χ4n) is 2.63. The molecule has 4 N–H and O–H groups in total. The first-order valence-electron chi connectivity index (χ1n) is 8.48. The molecule has 0 aliphatic heterocycles. The number of carbonyl (C=O) groups excluding carboxylic acids is 1. The van der Waals surface area contributed by atoms with Gasteiger partial charge in [0.25, 0.3) is 5.91 Å². The van der Waals surface area contributed by atoms with E-state index in [0.717, 1.165) is 29.4 Å². The predicted octanol–water partition coefficient (Wildman–Crippen LogP) is 3.02. The van der Waals surface area contributed by atoms with E-state index >= 15 is 0 Å². The molecular formula is C19H22N4O3. The first kappa shape index (κ1) is 17.8. The number of nitrogen functional groups attached to an aromatic ring is 1. The molecule has 0 aliphatic carbocycles. The lowest BCUT2D eigenvalue weighted by molar-refractivity contribution is 0.0954. The van der Waals surface area contributed by atoms with E-state index < -0.39 is 0 Å². The number of hydrogen-bond donors (Lipinski definition) is 3. The minimum Gasteiger partial charge on any atom is -0.493 e. The van der Waals surface area contributed by atoms with Crippen molar-refractivity contribution in [2.45, 2.75) is 19.8 Å². The van der Waals surface area contributed by atoms with Gasteiger partial charge in [-0.1, -0.05) is 13.3 Å². The summed E-state index contributed by atoms with van der Waals surface area (Å²) in [4.78, 5) is 19.5. The average molecular weight is 354 g/mol. The quantitative estimate of drug-likeness (QED) is 0.262. The van der Waals surface area contributed by atoms with Gasteiger partial charge >= 0.3 is 0 Å². The van der Waals surface area contributed by atoms with Crippen LogP contribution in [0.1, 0.15) is 30.1 Å². The number of rotatable bonds is 7. The number of H-pyrrole nitrogens is 1. The van der Waals surface area contributed by atoms with Crippen molar-refractivity contribution in [2.75, 3.05) is 13.7 Å². The summed E-state index contributed by atoms with van der Waals surface area (Å²) in [6.07, 6.45) is 2.07. The van der Waals surface area contributed by atoms with Crippen LogP contribution in [0.2, 0.25) is 0 Å². The van der Waals surface area contributed by atoms with Gasteiger partial charge in [-0.05, 0) is 42.8 Å². The summed E-state index contributed by atoms with van der Waals surface area (Å²) in [5, 5.41) is 0. The number of carbonyl (C=O) groups is 1. The lowest BCUT2D eigenvalue weighted by Crippen LogP contribution is -2.29. The fourth-order valence-corrected chi connectivity index (χ4v) is 2.63. The van der Waals surface area contributed by atoms with E-state index in [1.54, 1.807) is 25.3 Å². The number of nitrogens with two attached hydrogens (primary N) is 1. The minimum absolute atomic E-state index is 0.349. The molecule has 7 nitrogen and oxygen atoms in total. The van der Waals surface area contributed by atoms with E-state index in [1.807, 2.05) is 18.2 Å². The molecule has 0 saturated heterocycles. The fraction of sp³-hybridized carbons (Fsp3) is 0.263. The molecule has 3 rings (SSSR count). The van der Waals surface area contributed by atoms with Gasteiger partial charge in [-0.2, -0.15) is 0 Å². The van der Waals surface area contributed by atoms with Crippen molar-refractivity contribution in [1.29, 1.82) is 0 Å². The summed E-state index contributed by atoms with van der Waals surface area (Å²) in [6.45, 7) is 2.77. The Balaban J connectivity index is 1.91. The number of ether oxygens (including phenoxy) is 2. The Kier molecular flexibility index (Phi) is 5.38. The van der Waals surface area contributed by atoms with E-state index in [0.29, 0.717) is 29.5 Å². The predicted molar refractivity (Wildman–Crippen MR) is 100 cm³/mol. The molecule has 1 aromatic heterocycles. The lowest BCUT2D eigenvalue weighted by Gasteiger charge is -2.11. The molecule has 0 radical (unpaired) electrons. The van der Waals surface area contributed by atoms with Crippen molar-refractivity contribution in [3.63, 3.8) is 0 Å². The highest BCUT2D eigenvalue weighted by atomic mass is 16.5. The zero-order valence-corrected chi connectivity index (χ0v) is 14.8. The van der Waals surface area contributed by atoms with Crippen LogP contribution < -0.4 is 20.7 Å². The van der Waals surface area contributed by atoms with Gasteiger partial charge in [-0.15, -0.1) is 0 Å². The topological polar surface area (TPSA) is 102 Å². The van der Waals surface area contributed by atoms with Gasteiger partial charge in [-0.3, -0.25) is 10.2 Å². The molecule has 0 aliphatic rings. The summed E-state index contributed by atoms with van der Waals surface area (Å²) in [5.74, 6) is 6.88. The third-order valence-corrected chi connectivity index (χ3v) is 4.07. The molecule has 0 spiro atoms. The number of methoxy groups -OCH3 is 1. The second-order valence-corrected chi connectivity index (χ2v) is 5.86. The van der Waals surface area contributed by atoms with Crippen LogP contribution in [0.15, 0.2) is 36.4 Å². The van der Waals surface area contributed by atoms with Crippen molar-refractivity contribution in [3.8, 4) is 22.9 Å². The summed E-state index contributed by atoms with van der Waals surface area (Å²) < 4.78 is 11.2. The number of hydrazine groups is 1. The first-order valence-corrected chi connectivity index (χ1v) is 8.48. The Bertz CT molecular complexity index is 920. The van der Waals surface area contributed by atoms with Gasteiger partial charge < -0.3 is 14.5 Å². The van der Waals surface area contributed by atoms with Crippen molar-refractivity contribution in [3.05, 3.63) is 42.0 Å². The Hall–Kier alpha value is -3.06. The van der Waals surface area contributed by atoms with Gasteiger partial charge in [0.2, 0.25) is 0 Å². The monoisotopic (exact) mass is 354 g/mol. The molecule has 0 fully saturated rings. The molecule has 3 aromatic rings. The maximum absolute atomic E-state index is 11.7. The number of amides is 1. The summed E-state index contributed by atoms with van der Waals surface area (Å²) in [7, 11) is 1.61. The third-order valence-electron chi connectivity index (χ3n) is 4.07. The number of nitrogens with one attached hydrogen (secondary N) is 2. The molecule has 1 heterocycles. The van der Waals surface area contributed by atoms with Gasteiger partial charge in [0, 0.05) is 11.1 Å². The Morgan fingerprint density at radius 3 is 2.81 bits per heavy atom. The van der Waals surface area contributed by atoms with Crippen LogP contribution in [0, 0.1) is 0 Å². The molecule has 7 heteroatoms. The summed E-state index contributed by atoms with van der Waals surface area (Å²) in [6, 6.07) is 10.9. The van der Waals surface area contributed by atoms with Crippen molar-refractivity contribution < 1.29 is 14.3 Å². The Labute approximate surface area is 151 Å². The third kappa shape index (κ3) is 3.62. The van der Waals surface area contributed by atoms with Crippen molar-refractivity contribution >= 4 is 16.9 Å². The number of hydrogen-bond acceptors (Lipinski definition) is 5. The molecule has 26 heavy (non-hydrogen) atoms. The first-order chi connectivity index (χ1) is 12.7. The van der Waals surface area contributed by atoms with Crippen LogP contribution in [-0.4, -0.2) is 29.6 Å². The standard InChI is InChI=1S/C19H22N4O3/c1-3-4-9-26-16-8-6-12(11-17(16)25-2)18-21-14-7-5-13(19(24)23-20)10-15(14)22-18/h5-8,10-11H,3-4,9,20H2,1-2H3,(H,21,22)(H,23,24). The second-order valence-electron chi connectivity index (χ2n) is 5.86. The molecule has 0 unspecified atom stereocenters. The Morgan fingerprint density at radius 2 is 2.08 bits per heavy atom. The minimum atomic E-state index is -0.349. The van der Waals surface area contributed by atoms with Crippen molar-refractivity contribution in [1.82, 2.24) is 15.4 Å². The lowest BCUT2D eigenvalue weighted by atomic mass is 10.2. The molecule has 0 saturated carbocycles. The highest BCUT2D eigenvalue weighted by Gasteiger charge is 2.12. The van der Waals surface area contributed by atoms with E-state index in [2.05, 4.69) is 22.3 Å². The van der Waals surface area contributed by atoms with E-state index in [1.165, 1.54) is 0 Å². The van der Waals surface area contributed by atoms with Crippen LogP contribution in [0.25, 0.3) is 22.4 Å². The van der Waals surface area contributed by atoms with Gasteiger partial charge in [-0.25, -0.2) is 10.8 Å². The number of aromatic amines is 1. The van der Waals surface area contributed by atoms with Crippen LogP contribution in [0.3, 0.4) is 0 Å². The number of nitrogens with zero attached hydrogens (tertiary/aromatic N) is 1. The summed E-state index contributed by atoms with van der Waals surface area (Å²) in [5.41, 5.74) is 4.97. The summed E-state index contributed by atoms with van der Waals surface area (Å²) >= 11 is 0. The van der Waals surface area contributed by atoms with Crippen LogP contribution in [0.4, 0.5) is 0 Å². The zero-order chi connectivity index (χ0) is 18.5. The maximum atomic E-state index is 11.7. The Morgan fingerprint density at radius 1 is 1.23 bits per heavy atom. The van der Waals surface area contributed by atoms with Gasteiger partial charge in [0.1, 0.15) is 5.82 Å². The largest absolute Gasteiger partial charge is 0.493 e. The van der Waals surface area contributed by atoms with Gasteiger partial charge in [0.05, 0.1) is 24.8 Å². The number of fused-ring (bicyclic) bond motifs is 1. The molecular weight excluding hydrogens is 332 g/mol. The number of aromatic nitrogens is 2. The average Bonchev–Trinajstić information content (AvgIpc) is 3.11. The number of imidazole rings is 1. The highest BCUT2D eigenvalue weighted by Crippen LogP contribution is 2.32. The van der Waals surface area contributed by atoms with Crippen LogP contribution in [0.5, 0.6) is 11.5 Å².